The SMILES string of the molecule is C=C(C)C1=CCC(NC(=O)OC(C)(C)C)(C(=O)OC)C1. The third-order valence-corrected chi connectivity index (χ3v) is 3.05. The summed E-state index contributed by atoms with van der Waals surface area (Å²) in [5.74, 6) is -0.476. The molecule has 0 fully saturated rings. The smallest absolute Gasteiger partial charge is 0.408 e. The summed E-state index contributed by atoms with van der Waals surface area (Å²) >= 11 is 0. The highest BCUT2D eigenvalue weighted by Gasteiger charge is 2.45. The largest absolute Gasteiger partial charge is 0.467 e. The van der Waals surface area contributed by atoms with Gasteiger partial charge in [0.2, 0.25) is 0 Å². The van der Waals surface area contributed by atoms with Gasteiger partial charge in [-0.2, -0.15) is 0 Å². The standard InChI is InChI=1S/C15H23NO4/c1-10(2)11-7-8-15(9-11,12(17)19-6)16-13(18)20-14(3,4)5/h7H,1,8-9H2,2-6H3,(H,16,18). The van der Waals surface area contributed by atoms with Crippen molar-refractivity contribution >= 4 is 12.1 Å². The van der Waals surface area contributed by atoms with Gasteiger partial charge in [-0.15, -0.1) is 0 Å². The van der Waals surface area contributed by atoms with Crippen LogP contribution in [0.2, 0.25) is 0 Å². The van der Waals surface area contributed by atoms with Crippen molar-refractivity contribution in [2.75, 3.05) is 7.11 Å². The second kappa shape index (κ2) is 5.69. The van der Waals surface area contributed by atoms with Crippen LogP contribution in [-0.4, -0.2) is 30.3 Å². The third-order valence-electron chi connectivity index (χ3n) is 3.05. The van der Waals surface area contributed by atoms with E-state index >= 15 is 0 Å². The normalized spacial score (nSPS) is 21.9. The molecule has 20 heavy (non-hydrogen) atoms. The predicted molar refractivity (Wildman–Crippen MR) is 76.2 cm³/mol. The summed E-state index contributed by atoms with van der Waals surface area (Å²) in [5, 5.41) is 2.66. The maximum Gasteiger partial charge on any atom is 0.408 e. The van der Waals surface area contributed by atoms with Crippen LogP contribution in [0.1, 0.15) is 40.5 Å². The number of allylic oxidation sites excluding steroid dienone is 1. The van der Waals surface area contributed by atoms with Crippen molar-refractivity contribution in [1.82, 2.24) is 5.32 Å². The lowest BCUT2D eigenvalue weighted by atomic mass is 9.94. The molecule has 1 rings (SSSR count). The minimum absolute atomic E-state index is 0.369. The van der Waals surface area contributed by atoms with E-state index in [-0.39, 0.29) is 0 Å². The highest BCUT2D eigenvalue weighted by Crippen LogP contribution is 2.34. The summed E-state index contributed by atoms with van der Waals surface area (Å²) in [4.78, 5) is 24.0. The van der Waals surface area contributed by atoms with Crippen LogP contribution in [0.25, 0.3) is 0 Å². The summed E-state index contributed by atoms with van der Waals surface area (Å²) in [7, 11) is 1.31. The second-order valence-corrected chi connectivity index (χ2v) is 6.09. The molecule has 0 saturated carbocycles. The lowest BCUT2D eigenvalue weighted by molar-refractivity contribution is -0.148. The van der Waals surface area contributed by atoms with Gasteiger partial charge in [-0.1, -0.05) is 18.2 Å². The Balaban J connectivity index is 2.86. The number of methoxy groups -OCH3 is 1. The fraction of sp³-hybridized carbons (Fsp3) is 0.600. The van der Waals surface area contributed by atoms with E-state index in [9.17, 15) is 9.59 Å². The molecule has 112 valence electrons. The van der Waals surface area contributed by atoms with E-state index in [1.54, 1.807) is 20.8 Å². The van der Waals surface area contributed by atoms with Gasteiger partial charge in [0.1, 0.15) is 11.1 Å². The molecule has 1 unspecified atom stereocenters. The molecule has 0 bridgehead atoms. The van der Waals surface area contributed by atoms with Gasteiger partial charge in [-0.25, -0.2) is 9.59 Å². The lowest BCUT2D eigenvalue weighted by Crippen LogP contribution is -2.54. The van der Waals surface area contributed by atoms with Crippen molar-refractivity contribution in [2.24, 2.45) is 0 Å². The van der Waals surface area contributed by atoms with Crippen LogP contribution >= 0.6 is 0 Å². The Bertz CT molecular complexity index is 459. The summed E-state index contributed by atoms with van der Waals surface area (Å²) in [5.41, 5.74) is 0.115. The number of hydrogen-bond donors (Lipinski definition) is 1. The Morgan fingerprint density at radius 1 is 1.40 bits per heavy atom. The summed E-state index contributed by atoms with van der Waals surface area (Å²) in [6.45, 7) is 11.0. The molecule has 0 aliphatic heterocycles. The molecule has 1 aliphatic carbocycles. The number of alkyl carbamates (subject to hydrolysis) is 1. The first-order valence-electron chi connectivity index (χ1n) is 6.54. The monoisotopic (exact) mass is 281 g/mol. The van der Waals surface area contributed by atoms with Gasteiger partial charge in [0.05, 0.1) is 7.11 Å². The van der Waals surface area contributed by atoms with Crippen LogP contribution in [0.15, 0.2) is 23.8 Å². The number of rotatable bonds is 3. The molecule has 0 heterocycles. The predicted octanol–water partition coefficient (Wildman–Crippen LogP) is 2.72. The molecule has 1 atom stereocenters. The average molecular weight is 281 g/mol. The second-order valence-electron chi connectivity index (χ2n) is 6.09. The molecule has 5 heteroatoms. The summed E-state index contributed by atoms with van der Waals surface area (Å²) in [6.07, 6.45) is 2.02. The number of ether oxygens (including phenoxy) is 2. The first-order chi connectivity index (χ1) is 9.09. The van der Waals surface area contributed by atoms with E-state index in [0.717, 1.165) is 11.1 Å². The first kappa shape index (κ1) is 16.3. The molecule has 0 saturated heterocycles. The molecule has 0 radical (unpaired) electrons. The molecule has 0 aromatic heterocycles. The van der Waals surface area contributed by atoms with Crippen molar-refractivity contribution in [2.45, 2.75) is 51.7 Å². The van der Waals surface area contributed by atoms with E-state index in [1.807, 2.05) is 13.0 Å². The van der Waals surface area contributed by atoms with Crippen molar-refractivity contribution in [3.8, 4) is 0 Å². The number of nitrogens with one attached hydrogen (secondary N) is 1. The van der Waals surface area contributed by atoms with Gasteiger partial charge in [0.15, 0.2) is 0 Å². The molecule has 0 aromatic rings. The van der Waals surface area contributed by atoms with Crippen LogP contribution in [0, 0.1) is 0 Å². The lowest BCUT2D eigenvalue weighted by Gasteiger charge is -2.29. The van der Waals surface area contributed by atoms with Gasteiger partial charge in [0.25, 0.3) is 0 Å². The zero-order valence-electron chi connectivity index (χ0n) is 12.8. The molecule has 1 amide bonds. The van der Waals surface area contributed by atoms with Crippen LogP contribution in [0.4, 0.5) is 4.79 Å². The van der Waals surface area contributed by atoms with Gasteiger partial charge in [-0.3, -0.25) is 0 Å². The van der Waals surface area contributed by atoms with Gasteiger partial charge >= 0.3 is 12.1 Å². The maximum absolute atomic E-state index is 12.0. The van der Waals surface area contributed by atoms with Crippen LogP contribution in [-0.2, 0) is 14.3 Å². The van der Waals surface area contributed by atoms with Crippen molar-refractivity contribution in [3.05, 3.63) is 23.8 Å². The number of hydrogen-bond acceptors (Lipinski definition) is 4. The number of carbonyl (C=O) groups is 2. The number of amides is 1. The Morgan fingerprint density at radius 3 is 2.40 bits per heavy atom. The zero-order chi connectivity index (χ0) is 15.6. The fourth-order valence-corrected chi connectivity index (χ4v) is 2.09. The van der Waals surface area contributed by atoms with E-state index in [4.69, 9.17) is 9.47 Å². The van der Waals surface area contributed by atoms with Crippen LogP contribution < -0.4 is 5.32 Å². The Morgan fingerprint density at radius 2 is 2.00 bits per heavy atom. The number of carbonyl (C=O) groups excluding carboxylic acids is 2. The van der Waals surface area contributed by atoms with E-state index in [0.29, 0.717) is 12.8 Å². The fourth-order valence-electron chi connectivity index (χ4n) is 2.09. The van der Waals surface area contributed by atoms with Crippen LogP contribution in [0.5, 0.6) is 0 Å². The molecular weight excluding hydrogens is 258 g/mol. The van der Waals surface area contributed by atoms with Crippen molar-refractivity contribution in [1.29, 1.82) is 0 Å². The molecule has 1 N–H and O–H groups in total. The highest BCUT2D eigenvalue weighted by molar-refractivity contribution is 5.87. The zero-order valence-corrected chi connectivity index (χ0v) is 12.8. The first-order valence-corrected chi connectivity index (χ1v) is 6.54. The quantitative estimate of drug-likeness (QED) is 0.808. The van der Waals surface area contributed by atoms with Gasteiger partial charge < -0.3 is 14.8 Å². The minimum atomic E-state index is -1.09. The van der Waals surface area contributed by atoms with E-state index in [1.165, 1.54) is 7.11 Å². The minimum Gasteiger partial charge on any atom is -0.467 e. The summed E-state index contributed by atoms with van der Waals surface area (Å²) < 4.78 is 10.0. The van der Waals surface area contributed by atoms with Gasteiger partial charge in [-0.05, 0) is 33.3 Å². The van der Waals surface area contributed by atoms with Crippen molar-refractivity contribution < 1.29 is 19.1 Å². The van der Waals surface area contributed by atoms with Crippen LogP contribution in [0.3, 0.4) is 0 Å². The average Bonchev–Trinajstić information content (AvgIpc) is 2.70. The molecule has 1 aliphatic rings. The Labute approximate surface area is 120 Å². The molecular formula is C15H23NO4. The summed E-state index contributed by atoms with van der Waals surface area (Å²) in [6, 6.07) is 0. The van der Waals surface area contributed by atoms with E-state index in [2.05, 4.69) is 11.9 Å². The van der Waals surface area contributed by atoms with Crippen molar-refractivity contribution in [3.63, 3.8) is 0 Å². The molecule has 0 aromatic carbocycles. The number of esters is 1. The topological polar surface area (TPSA) is 64.6 Å². The Hall–Kier alpha value is -1.78. The highest BCUT2D eigenvalue weighted by atomic mass is 16.6. The molecule has 0 spiro atoms. The van der Waals surface area contributed by atoms with Gasteiger partial charge in [0, 0.05) is 12.8 Å². The Kier molecular flexibility index (Phi) is 4.63. The third kappa shape index (κ3) is 3.85. The molecule has 5 nitrogen and oxygen atoms in total. The maximum atomic E-state index is 12.0. The van der Waals surface area contributed by atoms with E-state index < -0.39 is 23.2 Å².